The molecule has 0 fully saturated rings. The first-order valence-corrected chi connectivity index (χ1v) is 2.51. The van der Waals surface area contributed by atoms with Gasteiger partial charge in [-0.3, -0.25) is 0 Å². The van der Waals surface area contributed by atoms with Gasteiger partial charge >= 0.3 is 0 Å². The van der Waals surface area contributed by atoms with Crippen molar-refractivity contribution in [2.24, 2.45) is 4.99 Å². The molecule has 0 saturated carbocycles. The Morgan fingerprint density at radius 3 is 2.56 bits per heavy atom. The Morgan fingerprint density at radius 2 is 1.78 bits per heavy atom. The van der Waals surface area contributed by atoms with Crippen molar-refractivity contribution in [3.8, 4) is 0 Å². The molecule has 0 aliphatic carbocycles. The molecule has 1 aliphatic heterocycles. The van der Waals surface area contributed by atoms with Gasteiger partial charge in [-0.15, -0.1) is 0 Å². The summed E-state index contributed by atoms with van der Waals surface area (Å²) in [5.41, 5.74) is 0. The van der Waals surface area contributed by atoms with Crippen molar-refractivity contribution >= 4 is 18.0 Å². The number of hydrogen-bond donors (Lipinski definition) is 0. The van der Waals surface area contributed by atoms with Crippen molar-refractivity contribution < 1.29 is 0 Å². The lowest BCUT2D eigenvalue weighted by Crippen LogP contribution is -1.88. The maximum atomic E-state index is 3.91. The molecule has 1 aliphatic rings. The third-order valence-corrected chi connectivity index (χ3v) is 1.02. The smallest absolute Gasteiger partial charge is 0.199 e. The molecule has 9 heavy (non-hydrogen) atoms. The third kappa shape index (κ3) is 0.561. The van der Waals surface area contributed by atoms with Crippen molar-refractivity contribution in [1.82, 2.24) is 15.3 Å². The molecule has 2 rings (SSSR count). The summed E-state index contributed by atoms with van der Waals surface area (Å²) in [6.45, 7) is 0. The molecule has 0 amide bonds. The molecule has 1 aromatic rings. The average Bonchev–Trinajstić information content (AvgIpc) is 2.33. The van der Waals surface area contributed by atoms with Crippen LogP contribution < -0.4 is 5.32 Å². The van der Waals surface area contributed by atoms with Crippen LogP contribution in [0.5, 0.6) is 0 Å². The standard InChI is InChI=1S/C5H3N4/c1-2-7-5-4(6-1)8-3-9-5/h1-3H. The molecule has 1 radical (unpaired) electrons. The molecule has 0 spiro atoms. The monoisotopic (exact) mass is 119 g/mol. The van der Waals surface area contributed by atoms with Crippen LogP contribution in [0.1, 0.15) is 0 Å². The van der Waals surface area contributed by atoms with Crippen LogP contribution >= 0.6 is 0 Å². The van der Waals surface area contributed by atoms with Crippen LogP contribution in [0, 0.1) is 0 Å². The van der Waals surface area contributed by atoms with E-state index in [1.165, 1.54) is 6.34 Å². The maximum absolute atomic E-state index is 3.91. The Labute approximate surface area is 51.7 Å². The molecule has 0 bridgehead atoms. The fraction of sp³-hybridized carbons (Fsp3) is 0. The molecular formula is C5H3N4. The van der Waals surface area contributed by atoms with Gasteiger partial charge in [0.2, 0.25) is 0 Å². The largest absolute Gasteiger partial charge is 0.232 e. The topological polar surface area (TPSA) is 52.2 Å². The minimum absolute atomic E-state index is 0.609. The first kappa shape index (κ1) is 4.43. The highest BCUT2D eigenvalue weighted by Crippen LogP contribution is 2.20. The summed E-state index contributed by atoms with van der Waals surface area (Å²) in [6, 6.07) is 0. The molecule has 0 N–H and O–H groups in total. The molecule has 1 aromatic heterocycles. The molecule has 43 valence electrons. The zero-order valence-corrected chi connectivity index (χ0v) is 4.52. The number of hydrogen-bond acceptors (Lipinski definition) is 3. The van der Waals surface area contributed by atoms with Crippen molar-refractivity contribution in [2.75, 3.05) is 0 Å². The highest BCUT2D eigenvalue weighted by atomic mass is 15.1. The van der Waals surface area contributed by atoms with E-state index in [1.807, 2.05) is 0 Å². The highest BCUT2D eigenvalue weighted by molar-refractivity contribution is 5.76. The van der Waals surface area contributed by atoms with Crippen LogP contribution in [0.4, 0.5) is 11.6 Å². The van der Waals surface area contributed by atoms with Crippen molar-refractivity contribution in [3.05, 3.63) is 12.4 Å². The van der Waals surface area contributed by atoms with E-state index in [-0.39, 0.29) is 0 Å². The molecule has 2 heterocycles. The van der Waals surface area contributed by atoms with Crippen molar-refractivity contribution in [1.29, 1.82) is 0 Å². The number of aliphatic imine (C=N–C) groups is 1. The molecular weight excluding hydrogens is 116 g/mol. The Kier molecular flexibility index (Phi) is 0.745. The van der Waals surface area contributed by atoms with E-state index in [4.69, 9.17) is 0 Å². The number of rotatable bonds is 0. The molecule has 0 atom stereocenters. The third-order valence-electron chi connectivity index (χ3n) is 1.02. The maximum Gasteiger partial charge on any atom is 0.199 e. The summed E-state index contributed by atoms with van der Waals surface area (Å²) >= 11 is 0. The van der Waals surface area contributed by atoms with E-state index in [9.17, 15) is 0 Å². The minimum Gasteiger partial charge on any atom is -0.232 e. The second-order valence-electron chi connectivity index (χ2n) is 1.58. The summed E-state index contributed by atoms with van der Waals surface area (Å²) in [6.07, 6.45) is 4.64. The van der Waals surface area contributed by atoms with Crippen LogP contribution in [0.25, 0.3) is 0 Å². The number of fused-ring (bicyclic) bond motifs is 1. The molecule has 0 unspecified atom stereocenters. The number of nitrogens with zero attached hydrogens (tertiary/aromatic N) is 4. The summed E-state index contributed by atoms with van der Waals surface area (Å²) in [7, 11) is 0. The van der Waals surface area contributed by atoms with E-state index in [1.54, 1.807) is 12.4 Å². The second-order valence-corrected chi connectivity index (χ2v) is 1.58. The first-order valence-electron chi connectivity index (χ1n) is 2.51. The van der Waals surface area contributed by atoms with Gasteiger partial charge in [0.1, 0.15) is 6.34 Å². The fourth-order valence-corrected chi connectivity index (χ4v) is 0.644. The van der Waals surface area contributed by atoms with E-state index in [0.717, 1.165) is 0 Å². The predicted octanol–water partition coefficient (Wildman–Crippen LogP) is 0.386. The van der Waals surface area contributed by atoms with E-state index in [0.29, 0.717) is 11.6 Å². The minimum atomic E-state index is 0.609. The Balaban J connectivity index is 2.63. The van der Waals surface area contributed by atoms with Gasteiger partial charge in [0.05, 0.1) is 0 Å². The van der Waals surface area contributed by atoms with E-state index in [2.05, 4.69) is 20.3 Å². The summed E-state index contributed by atoms with van der Waals surface area (Å²) < 4.78 is 0. The van der Waals surface area contributed by atoms with Gasteiger partial charge in [0, 0.05) is 12.4 Å². The second kappa shape index (κ2) is 1.51. The zero-order valence-electron chi connectivity index (χ0n) is 4.52. The summed E-state index contributed by atoms with van der Waals surface area (Å²) in [5.74, 6) is 1.22. The van der Waals surface area contributed by atoms with Crippen LogP contribution in [0.15, 0.2) is 17.4 Å². The van der Waals surface area contributed by atoms with Crippen molar-refractivity contribution in [3.63, 3.8) is 0 Å². The highest BCUT2D eigenvalue weighted by Gasteiger charge is 2.06. The Bertz CT molecular complexity index is 255. The van der Waals surface area contributed by atoms with Gasteiger partial charge in [-0.05, 0) is 0 Å². The zero-order chi connectivity index (χ0) is 6.10. The van der Waals surface area contributed by atoms with Gasteiger partial charge in [-0.2, -0.15) is 0 Å². The van der Waals surface area contributed by atoms with E-state index >= 15 is 0 Å². The van der Waals surface area contributed by atoms with Crippen LogP contribution in [-0.2, 0) is 0 Å². The van der Waals surface area contributed by atoms with Crippen LogP contribution in [0.3, 0.4) is 0 Å². The quantitative estimate of drug-likeness (QED) is 0.496. The first-order chi connectivity index (χ1) is 4.47. The van der Waals surface area contributed by atoms with Gasteiger partial charge < -0.3 is 0 Å². The molecule has 4 nitrogen and oxygen atoms in total. The Morgan fingerprint density at radius 1 is 1.00 bits per heavy atom. The lowest BCUT2D eigenvalue weighted by atomic mass is 10.6. The number of aromatic nitrogens is 2. The van der Waals surface area contributed by atoms with Gasteiger partial charge in [0.25, 0.3) is 0 Å². The van der Waals surface area contributed by atoms with Gasteiger partial charge in [-0.25, -0.2) is 20.3 Å². The SMILES string of the molecule is C1=Nc2nccnc2[N]1. The Hall–Kier alpha value is -1.45. The lowest BCUT2D eigenvalue weighted by Gasteiger charge is -1.88. The van der Waals surface area contributed by atoms with Crippen LogP contribution in [0.2, 0.25) is 0 Å². The fourth-order valence-electron chi connectivity index (χ4n) is 0.644. The predicted molar refractivity (Wildman–Crippen MR) is 32.0 cm³/mol. The van der Waals surface area contributed by atoms with Crippen molar-refractivity contribution in [2.45, 2.75) is 0 Å². The van der Waals surface area contributed by atoms with E-state index < -0.39 is 0 Å². The van der Waals surface area contributed by atoms with Gasteiger partial charge in [-0.1, -0.05) is 0 Å². The average molecular weight is 119 g/mol. The summed E-state index contributed by atoms with van der Waals surface area (Å²) in [5, 5.41) is 3.83. The van der Waals surface area contributed by atoms with Crippen LogP contribution in [-0.4, -0.2) is 16.3 Å². The lowest BCUT2D eigenvalue weighted by molar-refractivity contribution is 1.14. The molecule has 0 saturated heterocycles. The van der Waals surface area contributed by atoms with Gasteiger partial charge in [0.15, 0.2) is 11.6 Å². The molecule has 0 aromatic carbocycles. The molecule has 4 heteroatoms. The normalized spacial score (nSPS) is 12.9. The summed E-state index contributed by atoms with van der Waals surface area (Å²) in [4.78, 5) is 11.6.